The molecule has 0 bridgehead atoms. The predicted molar refractivity (Wildman–Crippen MR) is 50.0 cm³/mol. The molecule has 78 valence electrons. The van der Waals surface area contributed by atoms with Crippen molar-refractivity contribution < 1.29 is 17.9 Å². The number of halogens is 1. The van der Waals surface area contributed by atoms with Crippen LogP contribution in [0.15, 0.2) is 23.1 Å². The summed E-state index contributed by atoms with van der Waals surface area (Å²) >= 11 is 0. The summed E-state index contributed by atoms with van der Waals surface area (Å²) in [4.78, 5) is -0.272. The van der Waals surface area contributed by atoms with E-state index in [-0.39, 0.29) is 10.6 Å². The summed E-state index contributed by atoms with van der Waals surface area (Å²) in [6.45, 7) is -0.516. The average Bonchev–Trinajstić information content (AvgIpc) is 2.09. The zero-order valence-electron chi connectivity index (χ0n) is 7.27. The monoisotopic (exact) mass is 219 g/mol. The molecule has 0 saturated heterocycles. The van der Waals surface area contributed by atoms with E-state index in [0.717, 1.165) is 12.1 Å². The number of anilines is 1. The molecule has 1 aromatic rings. The minimum absolute atomic E-state index is 0.0140. The van der Waals surface area contributed by atoms with Gasteiger partial charge in [0, 0.05) is 0 Å². The van der Waals surface area contributed by atoms with E-state index in [2.05, 4.69) is 0 Å². The highest BCUT2D eigenvalue weighted by atomic mass is 32.2. The Morgan fingerprint density at radius 2 is 2.07 bits per heavy atom. The molecule has 0 aliphatic rings. The quantitative estimate of drug-likeness (QED) is 0.710. The van der Waals surface area contributed by atoms with E-state index in [4.69, 9.17) is 10.8 Å². The van der Waals surface area contributed by atoms with Crippen molar-refractivity contribution in [3.63, 3.8) is 0 Å². The molecule has 0 amide bonds. The van der Waals surface area contributed by atoms with Crippen molar-refractivity contribution in [3.05, 3.63) is 24.0 Å². The molecular weight excluding hydrogens is 209 g/mol. The van der Waals surface area contributed by atoms with E-state index in [0.29, 0.717) is 0 Å². The summed E-state index contributed by atoms with van der Waals surface area (Å²) in [7, 11) is -3.68. The van der Waals surface area contributed by atoms with E-state index in [1.54, 1.807) is 0 Å². The van der Waals surface area contributed by atoms with Gasteiger partial charge in [-0.1, -0.05) is 0 Å². The molecule has 0 radical (unpaired) electrons. The van der Waals surface area contributed by atoms with Crippen LogP contribution in [0, 0.1) is 5.82 Å². The van der Waals surface area contributed by atoms with Crippen molar-refractivity contribution in [3.8, 4) is 0 Å². The zero-order valence-corrected chi connectivity index (χ0v) is 8.09. The first-order chi connectivity index (χ1) is 6.47. The number of hydrogen-bond donors (Lipinski definition) is 2. The molecule has 1 aromatic carbocycles. The lowest BCUT2D eigenvalue weighted by Crippen LogP contribution is -2.12. The third-order valence-corrected chi connectivity index (χ3v) is 3.41. The van der Waals surface area contributed by atoms with E-state index in [1.807, 2.05) is 0 Å². The van der Waals surface area contributed by atoms with Crippen molar-refractivity contribution in [1.82, 2.24) is 0 Å². The highest BCUT2D eigenvalue weighted by molar-refractivity contribution is 7.91. The van der Waals surface area contributed by atoms with E-state index in [9.17, 15) is 12.8 Å². The number of aliphatic hydroxyl groups is 1. The van der Waals surface area contributed by atoms with Gasteiger partial charge in [0.1, 0.15) is 5.82 Å². The Balaban J connectivity index is 3.25. The van der Waals surface area contributed by atoms with Crippen LogP contribution in [-0.4, -0.2) is 25.9 Å². The molecule has 14 heavy (non-hydrogen) atoms. The fourth-order valence-corrected chi connectivity index (χ4v) is 2.19. The number of sulfone groups is 1. The lowest BCUT2D eigenvalue weighted by atomic mass is 10.3. The number of hydrogen-bond acceptors (Lipinski definition) is 4. The highest BCUT2D eigenvalue weighted by Gasteiger charge is 2.17. The largest absolute Gasteiger partial charge is 0.398 e. The molecule has 3 N–H and O–H groups in total. The van der Waals surface area contributed by atoms with Crippen LogP contribution in [0.1, 0.15) is 0 Å². The van der Waals surface area contributed by atoms with Crippen molar-refractivity contribution in [1.29, 1.82) is 0 Å². The van der Waals surface area contributed by atoms with Gasteiger partial charge in [0.2, 0.25) is 0 Å². The van der Waals surface area contributed by atoms with Crippen LogP contribution >= 0.6 is 0 Å². The van der Waals surface area contributed by atoms with E-state index in [1.165, 1.54) is 6.07 Å². The van der Waals surface area contributed by atoms with Crippen LogP contribution in [0.2, 0.25) is 0 Å². The standard InChI is InChI=1S/C8H10FNO3S/c9-6-1-2-7(10)8(5-6)14(12,13)4-3-11/h1-2,5,11H,3-4,10H2. The maximum Gasteiger partial charge on any atom is 0.182 e. The van der Waals surface area contributed by atoms with Crippen LogP contribution < -0.4 is 5.73 Å². The van der Waals surface area contributed by atoms with Gasteiger partial charge in [-0.2, -0.15) is 0 Å². The van der Waals surface area contributed by atoms with E-state index < -0.39 is 28.0 Å². The first-order valence-electron chi connectivity index (χ1n) is 3.86. The Morgan fingerprint density at radius 1 is 1.43 bits per heavy atom. The topological polar surface area (TPSA) is 80.4 Å². The third kappa shape index (κ3) is 2.21. The highest BCUT2D eigenvalue weighted by Crippen LogP contribution is 2.20. The van der Waals surface area contributed by atoms with E-state index >= 15 is 0 Å². The maximum absolute atomic E-state index is 12.7. The second-order valence-electron chi connectivity index (χ2n) is 2.72. The molecular formula is C8H10FNO3S. The summed E-state index contributed by atoms with van der Waals surface area (Å²) in [6.07, 6.45) is 0. The van der Waals surface area contributed by atoms with Gasteiger partial charge in [-0.25, -0.2) is 12.8 Å². The fraction of sp³-hybridized carbons (Fsp3) is 0.250. The Hall–Kier alpha value is -1.14. The molecule has 0 aromatic heterocycles. The lowest BCUT2D eigenvalue weighted by Gasteiger charge is -2.05. The number of nitrogen functional groups attached to an aromatic ring is 1. The molecule has 0 aliphatic carbocycles. The second kappa shape index (κ2) is 3.93. The first kappa shape index (κ1) is 10.9. The van der Waals surface area contributed by atoms with Gasteiger partial charge in [0.15, 0.2) is 9.84 Å². The van der Waals surface area contributed by atoms with Gasteiger partial charge < -0.3 is 10.8 Å². The minimum Gasteiger partial charge on any atom is -0.398 e. The van der Waals surface area contributed by atoms with Gasteiger partial charge in [0.05, 0.1) is 22.9 Å². The van der Waals surface area contributed by atoms with Crippen LogP contribution in [0.5, 0.6) is 0 Å². The summed E-state index contributed by atoms with van der Waals surface area (Å²) in [6, 6.07) is 3.10. The molecule has 6 heteroatoms. The fourth-order valence-electron chi connectivity index (χ4n) is 1.01. The molecule has 4 nitrogen and oxygen atoms in total. The first-order valence-corrected chi connectivity index (χ1v) is 5.51. The molecule has 0 spiro atoms. The maximum atomic E-state index is 12.7. The molecule has 0 fully saturated rings. The van der Waals surface area contributed by atoms with Crippen molar-refractivity contribution >= 4 is 15.5 Å². The van der Waals surface area contributed by atoms with Gasteiger partial charge in [-0.3, -0.25) is 0 Å². The number of nitrogens with two attached hydrogens (primary N) is 1. The molecule has 0 atom stereocenters. The van der Waals surface area contributed by atoms with Crippen LogP contribution in [0.3, 0.4) is 0 Å². The number of aliphatic hydroxyl groups excluding tert-OH is 1. The zero-order chi connectivity index (χ0) is 10.8. The summed E-state index contributed by atoms with van der Waals surface area (Å²) in [5, 5.41) is 8.51. The van der Waals surface area contributed by atoms with Gasteiger partial charge >= 0.3 is 0 Å². The van der Waals surface area contributed by atoms with Gasteiger partial charge in [-0.05, 0) is 18.2 Å². The van der Waals surface area contributed by atoms with Crippen LogP contribution in [0.25, 0.3) is 0 Å². The lowest BCUT2D eigenvalue weighted by molar-refractivity contribution is 0.319. The minimum atomic E-state index is -3.68. The van der Waals surface area contributed by atoms with Crippen LogP contribution in [0.4, 0.5) is 10.1 Å². The Bertz CT molecular complexity index is 430. The number of rotatable bonds is 3. The normalized spacial score (nSPS) is 11.6. The molecule has 0 aliphatic heterocycles. The predicted octanol–water partition coefficient (Wildman–Crippen LogP) is 0.174. The average molecular weight is 219 g/mol. The molecule has 0 unspecified atom stereocenters. The smallest absolute Gasteiger partial charge is 0.182 e. The Morgan fingerprint density at radius 3 is 2.64 bits per heavy atom. The van der Waals surface area contributed by atoms with Crippen molar-refractivity contribution in [2.24, 2.45) is 0 Å². The molecule has 1 rings (SSSR count). The Kier molecular flexibility index (Phi) is 3.07. The number of benzene rings is 1. The SMILES string of the molecule is Nc1ccc(F)cc1S(=O)(=O)CCO. The van der Waals surface area contributed by atoms with Gasteiger partial charge in [-0.15, -0.1) is 0 Å². The van der Waals surface area contributed by atoms with Crippen molar-refractivity contribution in [2.45, 2.75) is 4.90 Å². The van der Waals surface area contributed by atoms with Crippen molar-refractivity contribution in [2.75, 3.05) is 18.1 Å². The van der Waals surface area contributed by atoms with Gasteiger partial charge in [0.25, 0.3) is 0 Å². The summed E-state index contributed by atoms with van der Waals surface area (Å²) in [5.74, 6) is -1.13. The van der Waals surface area contributed by atoms with Crippen LogP contribution in [-0.2, 0) is 9.84 Å². The summed E-state index contributed by atoms with van der Waals surface area (Å²) in [5.41, 5.74) is 5.36. The Labute approximate surface area is 81.1 Å². The summed E-state index contributed by atoms with van der Waals surface area (Å²) < 4.78 is 35.5. The second-order valence-corrected chi connectivity index (χ2v) is 4.80. The third-order valence-electron chi connectivity index (χ3n) is 1.67. The molecule has 0 saturated carbocycles. The molecule has 0 heterocycles.